The number of nitrogens with zero attached hydrogens (tertiary/aromatic N) is 6. The molecular formula is C22H20N6O3S. The van der Waals surface area contributed by atoms with Crippen molar-refractivity contribution in [3.8, 4) is 28.8 Å². The van der Waals surface area contributed by atoms with E-state index >= 15 is 0 Å². The molecule has 32 heavy (non-hydrogen) atoms. The van der Waals surface area contributed by atoms with Crippen LogP contribution in [0, 0.1) is 6.92 Å². The van der Waals surface area contributed by atoms with Crippen LogP contribution < -0.4 is 14.2 Å². The Kier molecular flexibility index (Phi) is 4.98. The van der Waals surface area contributed by atoms with Gasteiger partial charge in [0.05, 0.1) is 27.0 Å². The third-order valence-corrected chi connectivity index (χ3v) is 5.89. The standard InChI is InChI=1S/C22H20N6O3S/c1-13-19(27-10-6-5-7-17(27)23-13)21-24-25-22-28(21)26-18(32-22)9-8-14-11-15(29-2)20(31-4)16(12-14)30-3/h5-12H,1-4H3. The number of pyridine rings is 1. The summed E-state index contributed by atoms with van der Waals surface area (Å²) in [6.07, 6.45) is 5.82. The van der Waals surface area contributed by atoms with Crippen LogP contribution >= 0.6 is 11.3 Å². The summed E-state index contributed by atoms with van der Waals surface area (Å²) in [6.45, 7) is 1.96. The van der Waals surface area contributed by atoms with Gasteiger partial charge < -0.3 is 14.2 Å². The quantitative estimate of drug-likeness (QED) is 0.388. The van der Waals surface area contributed by atoms with Crippen molar-refractivity contribution in [3.05, 3.63) is 52.8 Å². The molecule has 0 fully saturated rings. The minimum Gasteiger partial charge on any atom is -0.493 e. The molecule has 1 aromatic carbocycles. The molecule has 0 spiro atoms. The van der Waals surface area contributed by atoms with Crippen molar-refractivity contribution in [1.82, 2.24) is 29.2 Å². The maximum Gasteiger partial charge on any atom is 0.235 e. The predicted octanol–water partition coefficient (Wildman–Crippen LogP) is 4.01. The van der Waals surface area contributed by atoms with Crippen LogP contribution in [0.3, 0.4) is 0 Å². The lowest BCUT2D eigenvalue weighted by Gasteiger charge is -2.12. The molecule has 0 radical (unpaired) electrons. The summed E-state index contributed by atoms with van der Waals surface area (Å²) in [5, 5.41) is 14.2. The molecule has 5 rings (SSSR count). The fraction of sp³-hybridized carbons (Fsp3) is 0.182. The normalized spacial score (nSPS) is 11.6. The Hall–Kier alpha value is -3.92. The van der Waals surface area contributed by atoms with E-state index in [4.69, 9.17) is 19.3 Å². The molecule has 0 unspecified atom stereocenters. The highest BCUT2D eigenvalue weighted by atomic mass is 32.1. The zero-order chi connectivity index (χ0) is 22.2. The molecule has 4 heterocycles. The molecule has 0 aliphatic carbocycles. The van der Waals surface area contributed by atoms with Gasteiger partial charge >= 0.3 is 0 Å². The molecule has 4 aromatic heterocycles. The van der Waals surface area contributed by atoms with Gasteiger partial charge in [-0.2, -0.15) is 9.61 Å². The molecule has 0 aliphatic rings. The van der Waals surface area contributed by atoms with Crippen molar-refractivity contribution in [2.75, 3.05) is 21.3 Å². The molecule has 0 aliphatic heterocycles. The Balaban J connectivity index is 1.53. The number of benzene rings is 1. The lowest BCUT2D eigenvalue weighted by Crippen LogP contribution is -1.96. The van der Waals surface area contributed by atoms with Gasteiger partial charge in [-0.05, 0) is 42.8 Å². The van der Waals surface area contributed by atoms with Gasteiger partial charge in [0.25, 0.3) is 0 Å². The lowest BCUT2D eigenvalue weighted by atomic mass is 10.1. The smallest absolute Gasteiger partial charge is 0.235 e. The van der Waals surface area contributed by atoms with Gasteiger partial charge in [-0.1, -0.05) is 23.5 Å². The van der Waals surface area contributed by atoms with E-state index < -0.39 is 0 Å². The van der Waals surface area contributed by atoms with Crippen LogP contribution in [0.4, 0.5) is 0 Å². The fourth-order valence-electron chi connectivity index (χ4n) is 3.59. The highest BCUT2D eigenvalue weighted by Gasteiger charge is 2.19. The van der Waals surface area contributed by atoms with Crippen molar-refractivity contribution in [1.29, 1.82) is 0 Å². The lowest BCUT2D eigenvalue weighted by molar-refractivity contribution is 0.324. The summed E-state index contributed by atoms with van der Waals surface area (Å²) in [4.78, 5) is 5.32. The Morgan fingerprint density at radius 3 is 2.47 bits per heavy atom. The fourth-order valence-corrected chi connectivity index (χ4v) is 4.34. The SMILES string of the molecule is COc1cc(C=Cc2nn3c(-c4c(C)nc5ccccn45)nnc3s2)cc(OC)c1OC. The van der Waals surface area contributed by atoms with E-state index in [0.717, 1.165) is 27.6 Å². The summed E-state index contributed by atoms with van der Waals surface area (Å²) < 4.78 is 20.0. The number of ether oxygens (including phenoxy) is 3. The number of methoxy groups -OCH3 is 3. The van der Waals surface area contributed by atoms with Gasteiger partial charge in [-0.15, -0.1) is 10.2 Å². The first-order valence-corrected chi connectivity index (χ1v) is 10.6. The van der Waals surface area contributed by atoms with Crippen LogP contribution in [0.5, 0.6) is 17.2 Å². The van der Waals surface area contributed by atoms with Crippen molar-refractivity contribution >= 4 is 34.1 Å². The van der Waals surface area contributed by atoms with E-state index in [9.17, 15) is 0 Å². The molecule has 9 nitrogen and oxygen atoms in total. The van der Waals surface area contributed by atoms with Gasteiger partial charge in [0.2, 0.25) is 16.5 Å². The molecule has 0 saturated heterocycles. The third-order valence-electron chi connectivity index (χ3n) is 5.03. The first-order chi connectivity index (χ1) is 15.6. The number of hydrogen-bond acceptors (Lipinski definition) is 8. The summed E-state index contributed by atoms with van der Waals surface area (Å²) in [7, 11) is 4.77. The van der Waals surface area contributed by atoms with Gasteiger partial charge in [0.1, 0.15) is 16.3 Å². The number of imidazole rings is 1. The van der Waals surface area contributed by atoms with E-state index in [1.165, 1.54) is 11.3 Å². The largest absolute Gasteiger partial charge is 0.493 e. The van der Waals surface area contributed by atoms with E-state index in [1.807, 2.05) is 60.0 Å². The highest BCUT2D eigenvalue weighted by molar-refractivity contribution is 7.17. The average molecular weight is 449 g/mol. The van der Waals surface area contributed by atoms with Gasteiger partial charge in [0, 0.05) is 6.20 Å². The maximum atomic E-state index is 5.43. The minimum absolute atomic E-state index is 0.555. The van der Waals surface area contributed by atoms with E-state index in [1.54, 1.807) is 25.8 Å². The summed E-state index contributed by atoms with van der Waals surface area (Å²) in [5.41, 5.74) is 3.49. The minimum atomic E-state index is 0.555. The zero-order valence-corrected chi connectivity index (χ0v) is 18.8. The van der Waals surface area contributed by atoms with Crippen molar-refractivity contribution in [2.45, 2.75) is 6.92 Å². The van der Waals surface area contributed by atoms with Crippen LogP contribution in [-0.4, -0.2) is 50.5 Å². The zero-order valence-electron chi connectivity index (χ0n) is 17.9. The second kappa shape index (κ2) is 7.97. The Labute approximate surface area is 187 Å². The average Bonchev–Trinajstić information content (AvgIpc) is 3.48. The predicted molar refractivity (Wildman–Crippen MR) is 123 cm³/mol. The van der Waals surface area contributed by atoms with Crippen LogP contribution in [0.25, 0.3) is 34.3 Å². The highest BCUT2D eigenvalue weighted by Crippen LogP contribution is 2.38. The van der Waals surface area contributed by atoms with E-state index in [2.05, 4.69) is 15.2 Å². The molecule has 5 aromatic rings. The molecule has 0 saturated carbocycles. The topological polar surface area (TPSA) is 88.1 Å². The molecule has 0 bridgehead atoms. The molecular weight excluding hydrogens is 428 g/mol. The molecule has 0 amide bonds. The van der Waals surface area contributed by atoms with Crippen LogP contribution in [0.1, 0.15) is 16.3 Å². The first-order valence-electron chi connectivity index (χ1n) is 9.77. The van der Waals surface area contributed by atoms with Crippen molar-refractivity contribution in [2.24, 2.45) is 0 Å². The number of aromatic nitrogens is 6. The van der Waals surface area contributed by atoms with Crippen molar-refractivity contribution in [3.63, 3.8) is 0 Å². The summed E-state index contributed by atoms with van der Waals surface area (Å²) in [5.74, 6) is 2.39. The van der Waals surface area contributed by atoms with Crippen molar-refractivity contribution < 1.29 is 14.2 Å². The monoisotopic (exact) mass is 448 g/mol. The Morgan fingerprint density at radius 2 is 1.75 bits per heavy atom. The van der Waals surface area contributed by atoms with Crippen LogP contribution in [0.2, 0.25) is 0 Å². The van der Waals surface area contributed by atoms with Gasteiger partial charge in [-0.3, -0.25) is 4.40 Å². The maximum absolute atomic E-state index is 5.43. The van der Waals surface area contributed by atoms with Crippen LogP contribution in [0.15, 0.2) is 36.5 Å². The van der Waals surface area contributed by atoms with Crippen LogP contribution in [-0.2, 0) is 0 Å². The number of hydrogen-bond donors (Lipinski definition) is 0. The number of fused-ring (bicyclic) bond motifs is 2. The van der Waals surface area contributed by atoms with Gasteiger partial charge in [-0.25, -0.2) is 4.98 Å². The number of rotatable bonds is 6. The molecule has 10 heteroatoms. The molecule has 0 N–H and O–H groups in total. The second-order valence-electron chi connectivity index (χ2n) is 6.92. The summed E-state index contributed by atoms with van der Waals surface area (Å²) in [6, 6.07) is 9.64. The number of aryl methyl sites for hydroxylation is 1. The molecule has 0 atom stereocenters. The van der Waals surface area contributed by atoms with E-state index in [-0.39, 0.29) is 0 Å². The summed E-state index contributed by atoms with van der Waals surface area (Å²) >= 11 is 1.45. The van der Waals surface area contributed by atoms with E-state index in [0.29, 0.717) is 28.0 Å². The first kappa shape index (κ1) is 20.0. The molecule has 162 valence electrons. The van der Waals surface area contributed by atoms with Gasteiger partial charge in [0.15, 0.2) is 11.5 Å². The second-order valence-corrected chi connectivity index (χ2v) is 7.91. The third kappa shape index (κ3) is 3.25. The Morgan fingerprint density at radius 1 is 0.969 bits per heavy atom. The Bertz CT molecular complexity index is 1440.